The van der Waals surface area contributed by atoms with Crippen LogP contribution in [0, 0.1) is 17.5 Å². The Morgan fingerprint density at radius 3 is 2.24 bits per heavy atom. The van der Waals surface area contributed by atoms with Crippen LogP contribution < -0.4 is 0 Å². The van der Waals surface area contributed by atoms with E-state index in [-0.39, 0.29) is 5.56 Å². The van der Waals surface area contributed by atoms with Gasteiger partial charge in [0.2, 0.25) is 0 Å². The van der Waals surface area contributed by atoms with Crippen LogP contribution in [-0.4, -0.2) is 0 Å². The van der Waals surface area contributed by atoms with Crippen LogP contribution in [0.5, 0.6) is 0 Å². The standard InChI is InChI=1S/C17H16BrF3/c1-2-3-4-11-5-7-12(8-6-11)15(18)13-9-10-14(19)17(21)16(13)20/h5-10,15H,2-4H2,1H3. The molecule has 1 unspecified atom stereocenters. The lowest BCUT2D eigenvalue weighted by Gasteiger charge is -2.13. The number of unbranched alkanes of at least 4 members (excludes halogenated alkanes) is 1. The summed E-state index contributed by atoms with van der Waals surface area (Å²) < 4.78 is 40.1. The number of alkyl halides is 1. The van der Waals surface area contributed by atoms with Crippen LogP contribution in [0.4, 0.5) is 13.2 Å². The Balaban J connectivity index is 2.24. The summed E-state index contributed by atoms with van der Waals surface area (Å²) in [6.45, 7) is 2.13. The van der Waals surface area contributed by atoms with Crippen molar-refractivity contribution in [2.45, 2.75) is 31.0 Å². The molecule has 0 spiro atoms. The molecule has 0 amide bonds. The fourth-order valence-corrected chi connectivity index (χ4v) is 2.81. The van der Waals surface area contributed by atoms with E-state index in [1.54, 1.807) is 0 Å². The molecule has 0 aromatic heterocycles. The van der Waals surface area contributed by atoms with Crippen molar-refractivity contribution in [3.63, 3.8) is 0 Å². The van der Waals surface area contributed by atoms with Crippen LogP contribution in [-0.2, 0) is 6.42 Å². The maximum atomic E-state index is 13.8. The average Bonchev–Trinajstić information content (AvgIpc) is 2.51. The van der Waals surface area contributed by atoms with Gasteiger partial charge >= 0.3 is 0 Å². The molecule has 0 aliphatic rings. The molecule has 0 saturated heterocycles. The number of hydrogen-bond donors (Lipinski definition) is 0. The topological polar surface area (TPSA) is 0 Å². The van der Waals surface area contributed by atoms with Crippen LogP contribution in [0.3, 0.4) is 0 Å². The summed E-state index contributed by atoms with van der Waals surface area (Å²) in [7, 11) is 0. The Hall–Kier alpha value is -1.29. The zero-order valence-electron chi connectivity index (χ0n) is 11.7. The molecule has 0 heterocycles. The number of rotatable bonds is 5. The zero-order chi connectivity index (χ0) is 15.4. The van der Waals surface area contributed by atoms with Crippen LogP contribution in [0.1, 0.15) is 41.3 Å². The minimum Gasteiger partial charge on any atom is -0.204 e. The molecule has 0 radical (unpaired) electrons. The molecular weight excluding hydrogens is 341 g/mol. The first-order valence-corrected chi connectivity index (χ1v) is 7.82. The van der Waals surface area contributed by atoms with E-state index in [0.29, 0.717) is 0 Å². The minimum absolute atomic E-state index is 0.0928. The fourth-order valence-electron chi connectivity index (χ4n) is 2.15. The van der Waals surface area contributed by atoms with Crippen molar-refractivity contribution in [2.75, 3.05) is 0 Å². The van der Waals surface area contributed by atoms with Gasteiger partial charge in [0, 0.05) is 5.56 Å². The predicted octanol–water partition coefficient (Wildman–Crippen LogP) is 5.93. The van der Waals surface area contributed by atoms with E-state index in [1.807, 2.05) is 24.3 Å². The van der Waals surface area contributed by atoms with E-state index in [0.717, 1.165) is 30.9 Å². The highest BCUT2D eigenvalue weighted by Gasteiger charge is 2.20. The number of halogens is 4. The second-order valence-electron chi connectivity index (χ2n) is 4.97. The summed E-state index contributed by atoms with van der Waals surface area (Å²) in [4.78, 5) is -0.507. The molecule has 0 aliphatic heterocycles. The number of benzene rings is 2. The van der Waals surface area contributed by atoms with Crippen LogP contribution in [0.15, 0.2) is 36.4 Å². The highest BCUT2D eigenvalue weighted by Crippen LogP contribution is 2.33. The summed E-state index contributed by atoms with van der Waals surface area (Å²) in [6.07, 6.45) is 3.25. The average molecular weight is 357 g/mol. The number of hydrogen-bond acceptors (Lipinski definition) is 0. The minimum atomic E-state index is -1.43. The summed E-state index contributed by atoms with van der Waals surface area (Å²) in [6, 6.07) is 9.93. The molecular formula is C17H16BrF3. The van der Waals surface area contributed by atoms with Gasteiger partial charge in [-0.15, -0.1) is 0 Å². The fraction of sp³-hybridized carbons (Fsp3) is 0.294. The maximum Gasteiger partial charge on any atom is 0.194 e. The SMILES string of the molecule is CCCCc1ccc(C(Br)c2ccc(F)c(F)c2F)cc1. The highest BCUT2D eigenvalue weighted by molar-refractivity contribution is 9.09. The summed E-state index contributed by atoms with van der Waals surface area (Å²) in [5.41, 5.74) is 2.11. The van der Waals surface area contributed by atoms with E-state index in [1.165, 1.54) is 11.6 Å². The third kappa shape index (κ3) is 3.67. The monoisotopic (exact) mass is 356 g/mol. The lowest BCUT2D eigenvalue weighted by molar-refractivity contribution is 0.442. The first-order valence-electron chi connectivity index (χ1n) is 6.91. The van der Waals surface area contributed by atoms with E-state index in [2.05, 4.69) is 22.9 Å². The molecule has 0 aliphatic carbocycles. The second kappa shape index (κ2) is 7.12. The Labute approximate surface area is 131 Å². The van der Waals surface area contributed by atoms with Crippen molar-refractivity contribution in [1.29, 1.82) is 0 Å². The van der Waals surface area contributed by atoms with Crippen molar-refractivity contribution >= 4 is 15.9 Å². The molecule has 0 fully saturated rings. The molecule has 0 bridgehead atoms. The third-order valence-corrected chi connectivity index (χ3v) is 4.45. The van der Waals surface area contributed by atoms with Gasteiger partial charge in [-0.25, -0.2) is 13.2 Å². The van der Waals surface area contributed by atoms with Crippen molar-refractivity contribution in [2.24, 2.45) is 0 Å². The first-order chi connectivity index (χ1) is 10.0. The van der Waals surface area contributed by atoms with Crippen molar-refractivity contribution < 1.29 is 13.2 Å². The molecule has 2 aromatic carbocycles. The molecule has 0 N–H and O–H groups in total. The Kier molecular flexibility index (Phi) is 5.45. The van der Waals surface area contributed by atoms with Crippen LogP contribution >= 0.6 is 15.9 Å². The van der Waals surface area contributed by atoms with Gasteiger partial charge in [0.1, 0.15) is 0 Å². The van der Waals surface area contributed by atoms with Gasteiger partial charge in [-0.1, -0.05) is 59.6 Å². The predicted molar refractivity (Wildman–Crippen MR) is 82.1 cm³/mol. The van der Waals surface area contributed by atoms with E-state index in [4.69, 9.17) is 0 Å². The Morgan fingerprint density at radius 1 is 0.952 bits per heavy atom. The van der Waals surface area contributed by atoms with E-state index >= 15 is 0 Å². The molecule has 2 aromatic rings. The van der Waals surface area contributed by atoms with Crippen molar-refractivity contribution in [3.8, 4) is 0 Å². The van der Waals surface area contributed by atoms with Crippen molar-refractivity contribution in [3.05, 3.63) is 70.5 Å². The molecule has 1 atom stereocenters. The van der Waals surface area contributed by atoms with E-state index in [9.17, 15) is 13.2 Å². The number of aryl methyl sites for hydroxylation is 1. The largest absolute Gasteiger partial charge is 0.204 e. The van der Waals surface area contributed by atoms with Crippen molar-refractivity contribution in [1.82, 2.24) is 0 Å². The maximum absolute atomic E-state index is 13.8. The smallest absolute Gasteiger partial charge is 0.194 e. The zero-order valence-corrected chi connectivity index (χ0v) is 13.3. The molecule has 0 saturated carbocycles. The Bertz CT molecular complexity index is 608. The normalized spacial score (nSPS) is 12.4. The molecule has 112 valence electrons. The summed E-state index contributed by atoms with van der Waals surface area (Å²) in [5, 5.41) is 0. The van der Waals surface area contributed by atoms with Gasteiger partial charge < -0.3 is 0 Å². The van der Waals surface area contributed by atoms with Gasteiger partial charge in [0.25, 0.3) is 0 Å². The summed E-state index contributed by atoms with van der Waals surface area (Å²) >= 11 is 3.35. The van der Waals surface area contributed by atoms with E-state index < -0.39 is 22.3 Å². The lowest BCUT2D eigenvalue weighted by atomic mass is 10.0. The van der Waals surface area contributed by atoms with Gasteiger partial charge in [-0.3, -0.25) is 0 Å². The quantitative estimate of drug-likeness (QED) is 0.460. The third-order valence-electron chi connectivity index (χ3n) is 3.43. The van der Waals surface area contributed by atoms with Gasteiger partial charge in [0.05, 0.1) is 4.83 Å². The van der Waals surface area contributed by atoms with Gasteiger partial charge in [-0.2, -0.15) is 0 Å². The summed E-state index contributed by atoms with van der Waals surface area (Å²) in [5.74, 6) is -3.76. The van der Waals surface area contributed by atoms with Crippen LogP contribution in [0.2, 0.25) is 0 Å². The lowest BCUT2D eigenvalue weighted by Crippen LogP contribution is -2.01. The molecule has 0 nitrogen and oxygen atoms in total. The first kappa shape index (κ1) is 16.1. The molecule has 2 rings (SSSR count). The van der Waals surface area contributed by atoms with Crippen LogP contribution in [0.25, 0.3) is 0 Å². The van der Waals surface area contributed by atoms with Gasteiger partial charge in [-0.05, 0) is 30.0 Å². The molecule has 4 heteroatoms. The molecule has 21 heavy (non-hydrogen) atoms. The highest BCUT2D eigenvalue weighted by atomic mass is 79.9. The van der Waals surface area contributed by atoms with Gasteiger partial charge in [0.15, 0.2) is 17.5 Å². The second-order valence-corrected chi connectivity index (χ2v) is 5.89. The Morgan fingerprint density at radius 2 is 1.62 bits per heavy atom.